The normalized spacial score (nSPS) is 10.8. The number of ether oxygens (including phenoxy) is 8. The molecule has 0 aliphatic carbocycles. The third kappa shape index (κ3) is 25.0. The van der Waals surface area contributed by atoms with E-state index in [9.17, 15) is 0 Å². The summed E-state index contributed by atoms with van der Waals surface area (Å²) in [5.74, 6) is 0. The molecule has 0 rings (SSSR count). The van der Waals surface area contributed by atoms with E-state index >= 15 is 0 Å². The third-order valence-corrected chi connectivity index (χ3v) is 2.88. The molecule has 0 aromatic carbocycles. The van der Waals surface area contributed by atoms with Crippen LogP contribution in [0.25, 0.3) is 0 Å². The fraction of sp³-hybridized carbons (Fsp3) is 0.889. The van der Waals surface area contributed by atoms with E-state index in [1.54, 1.807) is 0 Å². The Kier molecular flexibility index (Phi) is 24.1. The van der Waals surface area contributed by atoms with Crippen molar-refractivity contribution < 1.29 is 43.0 Å². The van der Waals surface area contributed by atoms with Gasteiger partial charge in [-0.05, 0) is 0 Å². The van der Waals surface area contributed by atoms with Gasteiger partial charge in [0, 0.05) is 0 Å². The van der Waals surface area contributed by atoms with E-state index in [1.807, 2.05) is 0 Å². The maximum Gasteiger partial charge on any atom is 0.123 e. The third-order valence-electron chi connectivity index (χ3n) is 2.88. The molecule has 0 aromatic heterocycles. The number of aliphatic hydroxyl groups excluding tert-OH is 1. The van der Waals surface area contributed by atoms with Crippen LogP contribution in [-0.2, 0) is 37.9 Å². The van der Waals surface area contributed by atoms with E-state index in [2.05, 4.69) is 10.8 Å². The largest absolute Gasteiger partial charge is 0.444 e. The first-order valence-corrected chi connectivity index (χ1v) is 9.14. The molecule has 27 heavy (non-hydrogen) atoms. The summed E-state index contributed by atoms with van der Waals surface area (Å²) in [6, 6.07) is 0. The first-order valence-electron chi connectivity index (χ1n) is 9.14. The molecule has 0 saturated heterocycles. The fourth-order valence-corrected chi connectivity index (χ4v) is 1.65. The van der Waals surface area contributed by atoms with Crippen LogP contribution in [0.3, 0.4) is 0 Å². The van der Waals surface area contributed by atoms with Gasteiger partial charge in [-0.2, -0.15) is 0 Å². The van der Waals surface area contributed by atoms with Gasteiger partial charge in [-0.25, -0.2) is 0 Å². The Balaban J connectivity index is 2.96. The van der Waals surface area contributed by atoms with Crippen molar-refractivity contribution in [3.05, 3.63) is 0 Å². The highest BCUT2D eigenvalue weighted by molar-refractivity contribution is 4.67. The first kappa shape index (κ1) is 26.0. The molecule has 0 amide bonds. The summed E-state index contributed by atoms with van der Waals surface area (Å²) >= 11 is 0. The average molecular weight is 394 g/mol. The van der Waals surface area contributed by atoms with Gasteiger partial charge >= 0.3 is 0 Å². The number of hydrogen-bond acceptors (Lipinski definition) is 9. The van der Waals surface area contributed by atoms with Crippen LogP contribution >= 0.6 is 0 Å². The quantitative estimate of drug-likeness (QED) is 0.185. The smallest absolute Gasteiger partial charge is 0.123 e. The zero-order valence-electron chi connectivity index (χ0n) is 16.1. The summed E-state index contributed by atoms with van der Waals surface area (Å²) in [4.78, 5) is 0. The highest BCUT2D eigenvalue weighted by Crippen LogP contribution is 1.85. The molecule has 0 unspecified atom stereocenters. The van der Waals surface area contributed by atoms with Crippen LogP contribution in [0.2, 0.25) is 0 Å². The minimum absolute atomic E-state index is 0.0303. The molecule has 0 bridgehead atoms. The Morgan fingerprint density at radius 3 is 0.963 bits per heavy atom. The molecule has 9 nitrogen and oxygen atoms in total. The van der Waals surface area contributed by atoms with E-state index < -0.39 is 0 Å². The van der Waals surface area contributed by atoms with Crippen LogP contribution in [0.4, 0.5) is 0 Å². The summed E-state index contributed by atoms with van der Waals surface area (Å²) in [5.41, 5.74) is 0. The summed E-state index contributed by atoms with van der Waals surface area (Å²) in [6.07, 6.45) is 7.00. The van der Waals surface area contributed by atoms with Gasteiger partial charge in [0.1, 0.15) is 12.7 Å². The lowest BCUT2D eigenvalue weighted by Crippen LogP contribution is -2.15. The SMILES string of the molecule is C#COCCOCCOCCOCCOCCOCCOCCOCCO. The van der Waals surface area contributed by atoms with Gasteiger partial charge in [0.05, 0.1) is 99.1 Å². The van der Waals surface area contributed by atoms with Crippen molar-refractivity contribution >= 4 is 0 Å². The van der Waals surface area contributed by atoms with E-state index in [-0.39, 0.29) is 6.61 Å². The minimum Gasteiger partial charge on any atom is -0.444 e. The summed E-state index contributed by atoms with van der Waals surface area (Å²) in [7, 11) is 0. The Morgan fingerprint density at radius 2 is 0.704 bits per heavy atom. The molecule has 0 heterocycles. The second kappa shape index (κ2) is 25.0. The number of terminal acetylenes is 1. The topological polar surface area (TPSA) is 94.1 Å². The molecular formula is C18H34O9. The molecule has 0 aliphatic heterocycles. The Morgan fingerprint density at radius 1 is 0.444 bits per heavy atom. The Bertz CT molecular complexity index is 310. The van der Waals surface area contributed by atoms with Crippen LogP contribution in [-0.4, -0.2) is 111 Å². The molecule has 0 fully saturated rings. The van der Waals surface area contributed by atoms with Gasteiger partial charge in [-0.1, -0.05) is 6.42 Å². The summed E-state index contributed by atoms with van der Waals surface area (Å²) in [5, 5.41) is 8.52. The van der Waals surface area contributed by atoms with Gasteiger partial charge in [-0.15, -0.1) is 0 Å². The average Bonchev–Trinajstić information content (AvgIpc) is 2.68. The number of aliphatic hydroxyl groups is 1. The fourth-order valence-electron chi connectivity index (χ4n) is 1.65. The van der Waals surface area contributed by atoms with Gasteiger partial charge in [0.15, 0.2) is 0 Å². The molecule has 9 heteroatoms. The van der Waals surface area contributed by atoms with Crippen molar-refractivity contribution in [2.45, 2.75) is 0 Å². The highest BCUT2D eigenvalue weighted by atomic mass is 16.6. The van der Waals surface area contributed by atoms with Crippen molar-refractivity contribution in [2.75, 3.05) is 106 Å². The second-order valence-corrected chi connectivity index (χ2v) is 4.98. The van der Waals surface area contributed by atoms with Gasteiger partial charge in [0.2, 0.25) is 0 Å². The predicted octanol–water partition coefficient (Wildman–Crippen LogP) is -0.298. The van der Waals surface area contributed by atoms with Crippen molar-refractivity contribution in [1.82, 2.24) is 0 Å². The van der Waals surface area contributed by atoms with Crippen LogP contribution in [0.15, 0.2) is 0 Å². The Labute approximate surface area is 162 Å². The van der Waals surface area contributed by atoms with Crippen molar-refractivity contribution in [1.29, 1.82) is 0 Å². The molecule has 0 atom stereocenters. The van der Waals surface area contributed by atoms with E-state index in [0.717, 1.165) is 0 Å². The second-order valence-electron chi connectivity index (χ2n) is 4.98. The molecule has 0 saturated carbocycles. The maximum atomic E-state index is 8.52. The lowest BCUT2D eigenvalue weighted by atomic mass is 10.6. The van der Waals surface area contributed by atoms with Crippen LogP contribution < -0.4 is 0 Å². The molecular weight excluding hydrogens is 360 g/mol. The minimum atomic E-state index is 0.0303. The van der Waals surface area contributed by atoms with Crippen molar-refractivity contribution in [2.24, 2.45) is 0 Å². The zero-order valence-corrected chi connectivity index (χ0v) is 16.1. The molecule has 0 aliphatic rings. The zero-order chi connectivity index (χ0) is 19.7. The van der Waals surface area contributed by atoms with Crippen LogP contribution in [0.5, 0.6) is 0 Å². The molecule has 0 spiro atoms. The summed E-state index contributed by atoms with van der Waals surface area (Å²) < 4.78 is 41.7. The van der Waals surface area contributed by atoms with Crippen molar-refractivity contribution in [3.8, 4) is 12.5 Å². The first-order chi connectivity index (χ1) is 13.4. The summed E-state index contributed by atoms with van der Waals surface area (Å²) in [6.45, 7) is 7.30. The number of rotatable bonds is 23. The van der Waals surface area contributed by atoms with E-state index in [1.165, 1.54) is 0 Å². The molecule has 0 aromatic rings. The van der Waals surface area contributed by atoms with Crippen LogP contribution in [0.1, 0.15) is 0 Å². The molecule has 1 N–H and O–H groups in total. The lowest BCUT2D eigenvalue weighted by Gasteiger charge is -2.08. The highest BCUT2D eigenvalue weighted by Gasteiger charge is 1.94. The number of hydrogen-bond donors (Lipinski definition) is 1. The van der Waals surface area contributed by atoms with Gasteiger partial charge in [-0.3, -0.25) is 0 Å². The predicted molar refractivity (Wildman–Crippen MR) is 97.6 cm³/mol. The van der Waals surface area contributed by atoms with Crippen LogP contribution in [0, 0.1) is 12.5 Å². The molecule has 0 radical (unpaired) electrons. The maximum absolute atomic E-state index is 8.52. The van der Waals surface area contributed by atoms with Gasteiger partial charge < -0.3 is 43.0 Å². The lowest BCUT2D eigenvalue weighted by molar-refractivity contribution is -0.0223. The van der Waals surface area contributed by atoms with Gasteiger partial charge in [0.25, 0.3) is 0 Å². The Hall–Kier alpha value is -0.960. The standard InChI is InChI=1S/C18H34O9/c1-2-20-5-6-22-9-10-24-13-14-26-17-18-27-16-15-25-12-11-23-8-7-21-4-3-19/h1,19H,3-18H2. The van der Waals surface area contributed by atoms with E-state index in [4.69, 9.17) is 44.7 Å². The monoisotopic (exact) mass is 394 g/mol. The van der Waals surface area contributed by atoms with Crippen molar-refractivity contribution in [3.63, 3.8) is 0 Å². The van der Waals surface area contributed by atoms with E-state index in [0.29, 0.717) is 99.1 Å². The molecule has 160 valence electrons.